The van der Waals surface area contributed by atoms with Gasteiger partial charge in [-0.05, 0) is 13.2 Å². The van der Waals surface area contributed by atoms with E-state index in [0.29, 0.717) is 4.91 Å². The highest BCUT2D eigenvalue weighted by atomic mass is 32.2. The highest BCUT2D eigenvalue weighted by Crippen LogP contribution is 2.11. The second-order valence-electron chi connectivity index (χ2n) is 1.35. The number of carbonyl (C=O) groups is 1. The molecule has 0 heterocycles. The molecule has 0 aromatic carbocycles. The molecule has 0 aromatic heterocycles. The van der Waals surface area contributed by atoms with Gasteiger partial charge in [-0.1, -0.05) is 6.08 Å². The summed E-state index contributed by atoms with van der Waals surface area (Å²) in [5, 5.41) is 0. The number of esters is 1. The lowest BCUT2D eigenvalue weighted by Crippen LogP contribution is -2.00. The molecule has 9 heavy (non-hydrogen) atoms. The third kappa shape index (κ3) is 2.56. The van der Waals surface area contributed by atoms with E-state index in [2.05, 4.69) is 4.74 Å². The van der Waals surface area contributed by atoms with Crippen molar-refractivity contribution in [2.24, 2.45) is 0 Å². The van der Waals surface area contributed by atoms with Crippen molar-refractivity contribution in [3.8, 4) is 0 Å². The van der Waals surface area contributed by atoms with Crippen LogP contribution in [0.25, 0.3) is 0 Å². The molecule has 0 spiro atoms. The fourth-order valence-electron chi connectivity index (χ4n) is 0.420. The normalized spacial score (nSPS) is 11.2. The van der Waals surface area contributed by atoms with Crippen LogP contribution >= 0.6 is 11.8 Å². The second kappa shape index (κ2) is 4.44. The Morgan fingerprint density at radius 2 is 2.22 bits per heavy atom. The number of carbonyl (C=O) groups excluding carboxylic acids is 1. The van der Waals surface area contributed by atoms with Crippen LogP contribution in [0.2, 0.25) is 0 Å². The lowest BCUT2D eigenvalue weighted by molar-refractivity contribution is -0.135. The van der Waals surface area contributed by atoms with E-state index in [-0.39, 0.29) is 5.97 Å². The highest BCUT2D eigenvalue weighted by molar-refractivity contribution is 8.03. The summed E-state index contributed by atoms with van der Waals surface area (Å²) < 4.78 is 4.47. The van der Waals surface area contributed by atoms with E-state index in [9.17, 15) is 4.79 Å². The Morgan fingerprint density at radius 3 is 2.33 bits per heavy atom. The van der Waals surface area contributed by atoms with E-state index in [4.69, 9.17) is 0 Å². The molecule has 0 fully saturated rings. The van der Waals surface area contributed by atoms with Gasteiger partial charge in [-0.3, -0.25) is 0 Å². The van der Waals surface area contributed by atoms with Crippen LogP contribution < -0.4 is 0 Å². The number of rotatable bonds is 2. The second-order valence-corrected chi connectivity index (χ2v) is 2.20. The van der Waals surface area contributed by atoms with Gasteiger partial charge >= 0.3 is 5.97 Å². The van der Waals surface area contributed by atoms with Gasteiger partial charge < -0.3 is 4.74 Å². The molecule has 0 unspecified atom stereocenters. The van der Waals surface area contributed by atoms with E-state index in [1.54, 1.807) is 6.08 Å². The quantitative estimate of drug-likeness (QED) is 0.435. The lowest BCUT2D eigenvalue weighted by Gasteiger charge is -1.97. The Morgan fingerprint density at radius 1 is 1.67 bits per heavy atom. The molecule has 0 bridgehead atoms. The molecule has 3 heteroatoms. The average molecular weight is 146 g/mol. The molecule has 2 nitrogen and oxygen atoms in total. The van der Waals surface area contributed by atoms with E-state index in [0.717, 1.165) is 0 Å². The first-order valence-corrected chi connectivity index (χ1v) is 3.77. The van der Waals surface area contributed by atoms with Crippen molar-refractivity contribution in [3.05, 3.63) is 11.0 Å². The summed E-state index contributed by atoms with van der Waals surface area (Å²) in [5.41, 5.74) is 0. The van der Waals surface area contributed by atoms with Crippen molar-refractivity contribution >= 4 is 17.7 Å². The summed E-state index contributed by atoms with van der Waals surface area (Å²) in [4.78, 5) is 11.3. The van der Waals surface area contributed by atoms with E-state index in [1.807, 2.05) is 13.2 Å². The Labute approximate surface area is 59.3 Å². The van der Waals surface area contributed by atoms with Gasteiger partial charge in [0.15, 0.2) is 0 Å². The van der Waals surface area contributed by atoms with Crippen LogP contribution in [0, 0.1) is 0 Å². The third-order valence-electron chi connectivity index (χ3n) is 0.869. The maximum atomic E-state index is 10.7. The van der Waals surface area contributed by atoms with Crippen LogP contribution in [0.3, 0.4) is 0 Å². The van der Waals surface area contributed by atoms with Crippen molar-refractivity contribution in [3.63, 3.8) is 0 Å². The maximum absolute atomic E-state index is 10.7. The molecule has 0 saturated heterocycles. The molecule has 0 aromatic rings. The maximum Gasteiger partial charge on any atom is 0.343 e. The van der Waals surface area contributed by atoms with Gasteiger partial charge in [0.25, 0.3) is 0 Å². The fraction of sp³-hybridized carbons (Fsp3) is 0.500. The average Bonchev–Trinajstić information content (AvgIpc) is 1.90. The van der Waals surface area contributed by atoms with Gasteiger partial charge in [-0.2, -0.15) is 0 Å². The largest absolute Gasteiger partial charge is 0.465 e. The summed E-state index contributed by atoms with van der Waals surface area (Å²) in [5.74, 6) is -0.259. The van der Waals surface area contributed by atoms with E-state index in [1.165, 1.54) is 18.9 Å². The van der Waals surface area contributed by atoms with E-state index >= 15 is 0 Å². The van der Waals surface area contributed by atoms with Gasteiger partial charge in [0.1, 0.15) is 0 Å². The van der Waals surface area contributed by atoms with E-state index < -0.39 is 0 Å². The van der Waals surface area contributed by atoms with Crippen LogP contribution in [0.4, 0.5) is 0 Å². The predicted octanol–water partition coefficient (Wildman–Crippen LogP) is 1.43. The van der Waals surface area contributed by atoms with Gasteiger partial charge in [0.2, 0.25) is 0 Å². The highest BCUT2D eigenvalue weighted by Gasteiger charge is 2.04. The van der Waals surface area contributed by atoms with Crippen molar-refractivity contribution in [1.29, 1.82) is 0 Å². The van der Waals surface area contributed by atoms with Crippen molar-refractivity contribution in [1.82, 2.24) is 0 Å². The predicted molar refractivity (Wildman–Crippen MR) is 39.3 cm³/mol. The minimum atomic E-state index is -0.259. The number of hydrogen-bond donors (Lipinski definition) is 0. The van der Waals surface area contributed by atoms with Crippen LogP contribution in [0.1, 0.15) is 6.92 Å². The molecule has 0 saturated carbocycles. The number of ether oxygens (including phenoxy) is 1. The first kappa shape index (κ1) is 8.56. The molecule has 0 radical (unpaired) electrons. The Balaban J connectivity index is 3.97. The van der Waals surface area contributed by atoms with Crippen molar-refractivity contribution in [2.75, 3.05) is 13.4 Å². The smallest absolute Gasteiger partial charge is 0.343 e. The minimum absolute atomic E-state index is 0.259. The molecule has 0 amide bonds. The minimum Gasteiger partial charge on any atom is -0.465 e. The summed E-state index contributed by atoms with van der Waals surface area (Å²) in [7, 11) is 1.38. The number of methoxy groups -OCH3 is 1. The zero-order valence-electron chi connectivity index (χ0n) is 5.80. The summed E-state index contributed by atoms with van der Waals surface area (Å²) in [6.45, 7) is 1.81. The molecular formula is C6H10O2S. The standard InChI is InChI=1S/C6H10O2S/c1-4-5(9-3)6(7)8-2/h4H,1-3H3/b5-4-. The zero-order valence-corrected chi connectivity index (χ0v) is 6.62. The van der Waals surface area contributed by atoms with Gasteiger partial charge in [0.05, 0.1) is 12.0 Å². The molecule has 0 rings (SSSR count). The number of allylic oxidation sites excluding steroid dienone is 1. The molecular weight excluding hydrogens is 136 g/mol. The Kier molecular flexibility index (Phi) is 4.22. The molecule has 0 aliphatic rings. The van der Waals surface area contributed by atoms with Gasteiger partial charge in [-0.25, -0.2) is 4.79 Å². The van der Waals surface area contributed by atoms with Gasteiger partial charge in [-0.15, -0.1) is 11.8 Å². The van der Waals surface area contributed by atoms with Crippen LogP contribution in [-0.2, 0) is 9.53 Å². The lowest BCUT2D eigenvalue weighted by atomic mass is 10.5. The fourth-order valence-corrected chi connectivity index (χ4v) is 0.905. The first-order valence-electron chi connectivity index (χ1n) is 2.54. The topological polar surface area (TPSA) is 26.3 Å². The molecule has 0 aliphatic heterocycles. The SMILES string of the molecule is C/C=C(\SC)C(=O)OC. The molecule has 52 valence electrons. The molecule has 0 aliphatic carbocycles. The summed E-state index contributed by atoms with van der Waals surface area (Å²) in [6.07, 6.45) is 3.57. The van der Waals surface area contributed by atoms with Crippen molar-refractivity contribution < 1.29 is 9.53 Å². The van der Waals surface area contributed by atoms with Crippen LogP contribution in [0.5, 0.6) is 0 Å². The third-order valence-corrected chi connectivity index (χ3v) is 1.71. The molecule has 0 N–H and O–H groups in total. The number of thioether (sulfide) groups is 1. The van der Waals surface area contributed by atoms with Crippen LogP contribution in [-0.4, -0.2) is 19.3 Å². The Bertz CT molecular complexity index is 129. The summed E-state index contributed by atoms with van der Waals surface area (Å²) in [6, 6.07) is 0. The summed E-state index contributed by atoms with van der Waals surface area (Å²) >= 11 is 1.39. The zero-order chi connectivity index (χ0) is 7.28. The number of hydrogen-bond acceptors (Lipinski definition) is 3. The molecule has 0 atom stereocenters. The van der Waals surface area contributed by atoms with Gasteiger partial charge in [0, 0.05) is 0 Å². The first-order chi connectivity index (χ1) is 4.26. The monoisotopic (exact) mass is 146 g/mol. The Hall–Kier alpha value is -0.440. The van der Waals surface area contributed by atoms with Crippen molar-refractivity contribution in [2.45, 2.75) is 6.92 Å². The van der Waals surface area contributed by atoms with Crippen LogP contribution in [0.15, 0.2) is 11.0 Å².